The van der Waals surface area contributed by atoms with Crippen molar-refractivity contribution in [3.05, 3.63) is 23.6 Å². The van der Waals surface area contributed by atoms with Crippen molar-refractivity contribution in [3.8, 4) is 0 Å². The number of aromatic nitrogens is 3. The fraction of sp³-hybridized carbons (Fsp3) is 0.273. The van der Waals surface area contributed by atoms with Gasteiger partial charge in [-0.25, -0.2) is 9.97 Å². The number of anilines is 2. The lowest BCUT2D eigenvalue weighted by molar-refractivity contribution is -0.113. The first-order chi connectivity index (χ1) is 9.02. The number of carbonyl (C=O) groups excluding carboxylic acids is 1. The molecule has 1 amide bonds. The molecule has 0 atom stereocenters. The molecule has 0 aliphatic heterocycles. The molecule has 19 heavy (non-hydrogen) atoms. The maximum absolute atomic E-state index is 11.7. The minimum Gasteiger partial charge on any atom is -0.384 e. The van der Waals surface area contributed by atoms with E-state index in [1.165, 1.54) is 11.8 Å². The predicted molar refractivity (Wildman–Crippen MR) is 71.8 cm³/mol. The van der Waals surface area contributed by atoms with Gasteiger partial charge in [-0.3, -0.25) is 4.79 Å². The minimum atomic E-state index is -0.207. The third-order valence-corrected chi connectivity index (χ3v) is 2.93. The van der Waals surface area contributed by atoms with Crippen LogP contribution in [0.15, 0.2) is 21.8 Å². The van der Waals surface area contributed by atoms with E-state index in [1.54, 1.807) is 19.1 Å². The fourth-order valence-electron chi connectivity index (χ4n) is 1.36. The number of carbonyl (C=O) groups is 1. The van der Waals surface area contributed by atoms with Crippen LogP contribution in [0.4, 0.5) is 11.6 Å². The first-order valence-electron chi connectivity index (χ1n) is 5.50. The SMILES string of the molecule is Cc1cc(N)nc(SCC(=O)Nc2cc(C)on2)n1. The van der Waals surface area contributed by atoms with Crippen LogP contribution in [-0.4, -0.2) is 26.8 Å². The van der Waals surface area contributed by atoms with E-state index in [0.29, 0.717) is 22.6 Å². The maximum atomic E-state index is 11.7. The fourth-order valence-corrected chi connectivity index (χ4v) is 2.07. The van der Waals surface area contributed by atoms with Crippen LogP contribution in [0.25, 0.3) is 0 Å². The van der Waals surface area contributed by atoms with Gasteiger partial charge in [0.05, 0.1) is 5.75 Å². The van der Waals surface area contributed by atoms with Crippen LogP contribution in [0.1, 0.15) is 11.5 Å². The number of aryl methyl sites for hydroxylation is 2. The monoisotopic (exact) mass is 279 g/mol. The summed E-state index contributed by atoms with van der Waals surface area (Å²) >= 11 is 1.21. The molecule has 2 heterocycles. The second-order valence-corrected chi connectivity index (χ2v) is 4.82. The van der Waals surface area contributed by atoms with E-state index in [-0.39, 0.29) is 11.7 Å². The molecule has 0 bridgehead atoms. The summed E-state index contributed by atoms with van der Waals surface area (Å²) in [4.78, 5) is 19.9. The minimum absolute atomic E-state index is 0.175. The van der Waals surface area contributed by atoms with Gasteiger partial charge >= 0.3 is 0 Å². The zero-order valence-corrected chi connectivity index (χ0v) is 11.3. The van der Waals surface area contributed by atoms with Gasteiger partial charge < -0.3 is 15.6 Å². The number of nitrogens with two attached hydrogens (primary N) is 1. The second kappa shape index (κ2) is 5.70. The smallest absolute Gasteiger partial charge is 0.236 e. The molecule has 7 nitrogen and oxygen atoms in total. The number of amides is 1. The first-order valence-corrected chi connectivity index (χ1v) is 6.48. The van der Waals surface area contributed by atoms with E-state index in [0.717, 1.165) is 5.69 Å². The zero-order chi connectivity index (χ0) is 13.8. The van der Waals surface area contributed by atoms with Crippen molar-refractivity contribution < 1.29 is 9.32 Å². The highest BCUT2D eigenvalue weighted by Gasteiger charge is 2.08. The molecule has 100 valence electrons. The molecule has 0 unspecified atom stereocenters. The summed E-state index contributed by atoms with van der Waals surface area (Å²) in [5, 5.41) is 6.76. The van der Waals surface area contributed by atoms with Gasteiger partial charge in [0.2, 0.25) is 5.91 Å². The van der Waals surface area contributed by atoms with E-state index in [4.69, 9.17) is 10.3 Å². The summed E-state index contributed by atoms with van der Waals surface area (Å²) in [6.45, 7) is 3.57. The van der Waals surface area contributed by atoms with E-state index < -0.39 is 0 Å². The molecule has 0 aliphatic carbocycles. The number of nitrogens with one attached hydrogen (secondary N) is 1. The Morgan fingerprint density at radius 2 is 2.21 bits per heavy atom. The Labute approximate surface area is 114 Å². The van der Waals surface area contributed by atoms with Gasteiger partial charge in [-0.15, -0.1) is 0 Å². The Morgan fingerprint density at radius 3 is 2.84 bits per heavy atom. The lowest BCUT2D eigenvalue weighted by Gasteiger charge is -2.02. The van der Waals surface area contributed by atoms with E-state index >= 15 is 0 Å². The standard InChI is InChI=1S/C11H13N5O2S/c1-6-3-8(12)14-11(13-6)19-5-10(17)15-9-4-7(2)18-16-9/h3-4H,5H2,1-2H3,(H2,12,13,14)(H,15,16,17). The summed E-state index contributed by atoms with van der Waals surface area (Å²) < 4.78 is 4.85. The Bertz CT molecular complexity index is 578. The van der Waals surface area contributed by atoms with Crippen molar-refractivity contribution in [2.75, 3.05) is 16.8 Å². The molecule has 2 aromatic rings. The highest BCUT2D eigenvalue weighted by Crippen LogP contribution is 2.15. The predicted octanol–water partition coefficient (Wildman–Crippen LogP) is 1.39. The van der Waals surface area contributed by atoms with Crippen LogP contribution in [-0.2, 0) is 4.79 Å². The normalized spacial score (nSPS) is 10.4. The first kappa shape index (κ1) is 13.3. The molecule has 3 N–H and O–H groups in total. The van der Waals surface area contributed by atoms with Crippen LogP contribution in [0.5, 0.6) is 0 Å². The number of rotatable bonds is 4. The van der Waals surface area contributed by atoms with Gasteiger partial charge in [-0.2, -0.15) is 0 Å². The molecule has 2 aromatic heterocycles. The largest absolute Gasteiger partial charge is 0.384 e. The highest BCUT2D eigenvalue weighted by atomic mass is 32.2. The number of nitrogen functional groups attached to an aromatic ring is 1. The Kier molecular flexibility index (Phi) is 4.00. The van der Waals surface area contributed by atoms with Crippen molar-refractivity contribution in [3.63, 3.8) is 0 Å². The summed E-state index contributed by atoms with van der Waals surface area (Å²) in [6, 6.07) is 3.31. The van der Waals surface area contributed by atoms with Gasteiger partial charge in [0.1, 0.15) is 11.6 Å². The van der Waals surface area contributed by atoms with Gasteiger partial charge in [-0.1, -0.05) is 16.9 Å². The molecule has 0 radical (unpaired) electrons. The summed E-state index contributed by atoms with van der Waals surface area (Å²) in [6.07, 6.45) is 0. The quantitative estimate of drug-likeness (QED) is 0.643. The van der Waals surface area contributed by atoms with Gasteiger partial charge in [0.15, 0.2) is 11.0 Å². The van der Waals surface area contributed by atoms with Crippen molar-refractivity contribution >= 4 is 29.3 Å². The number of nitrogens with zero attached hydrogens (tertiary/aromatic N) is 3. The molecule has 0 spiro atoms. The lowest BCUT2D eigenvalue weighted by Crippen LogP contribution is -2.14. The average molecular weight is 279 g/mol. The van der Waals surface area contributed by atoms with Crippen molar-refractivity contribution in [1.29, 1.82) is 0 Å². The van der Waals surface area contributed by atoms with Crippen LogP contribution in [0, 0.1) is 13.8 Å². The molecule has 0 saturated carbocycles. The van der Waals surface area contributed by atoms with E-state index in [1.807, 2.05) is 6.92 Å². The van der Waals surface area contributed by atoms with Gasteiger partial charge in [0.25, 0.3) is 0 Å². The van der Waals surface area contributed by atoms with Gasteiger partial charge in [0, 0.05) is 17.8 Å². The molecule has 2 rings (SSSR count). The van der Waals surface area contributed by atoms with Crippen LogP contribution in [0.3, 0.4) is 0 Å². The van der Waals surface area contributed by atoms with Crippen molar-refractivity contribution in [2.45, 2.75) is 19.0 Å². The number of hydrogen-bond donors (Lipinski definition) is 2. The highest BCUT2D eigenvalue weighted by molar-refractivity contribution is 7.99. The molecular weight excluding hydrogens is 266 g/mol. The van der Waals surface area contributed by atoms with Gasteiger partial charge in [-0.05, 0) is 13.8 Å². The molecule has 0 saturated heterocycles. The molecule has 0 aromatic carbocycles. The third-order valence-electron chi connectivity index (χ3n) is 2.08. The molecular formula is C11H13N5O2S. The molecule has 0 fully saturated rings. The van der Waals surface area contributed by atoms with E-state index in [9.17, 15) is 4.79 Å². The zero-order valence-electron chi connectivity index (χ0n) is 10.5. The number of thioether (sulfide) groups is 1. The second-order valence-electron chi connectivity index (χ2n) is 3.88. The summed E-state index contributed by atoms with van der Waals surface area (Å²) in [5.74, 6) is 1.39. The average Bonchev–Trinajstić information content (AvgIpc) is 2.71. The number of hydrogen-bond acceptors (Lipinski definition) is 7. The van der Waals surface area contributed by atoms with E-state index in [2.05, 4.69) is 20.4 Å². The van der Waals surface area contributed by atoms with Crippen LogP contribution in [0.2, 0.25) is 0 Å². The Morgan fingerprint density at radius 1 is 1.42 bits per heavy atom. The Balaban J connectivity index is 1.89. The van der Waals surface area contributed by atoms with Crippen molar-refractivity contribution in [1.82, 2.24) is 15.1 Å². The summed E-state index contributed by atoms with van der Waals surface area (Å²) in [5.41, 5.74) is 6.37. The van der Waals surface area contributed by atoms with Crippen molar-refractivity contribution in [2.24, 2.45) is 0 Å². The Hall–Kier alpha value is -2.09. The topological polar surface area (TPSA) is 107 Å². The van der Waals surface area contributed by atoms with Crippen LogP contribution < -0.4 is 11.1 Å². The summed E-state index contributed by atoms with van der Waals surface area (Å²) in [7, 11) is 0. The third kappa shape index (κ3) is 3.95. The molecule has 0 aliphatic rings. The maximum Gasteiger partial charge on any atom is 0.236 e. The van der Waals surface area contributed by atoms with Crippen LogP contribution >= 0.6 is 11.8 Å². The lowest BCUT2D eigenvalue weighted by atomic mass is 10.4. The molecule has 8 heteroatoms.